The van der Waals surface area contributed by atoms with Gasteiger partial charge in [-0.15, -0.1) is 0 Å². The average Bonchev–Trinajstić information content (AvgIpc) is 2.94. The Kier molecular flexibility index (Phi) is 2.48. The van der Waals surface area contributed by atoms with Gasteiger partial charge in [-0.05, 0) is 23.8 Å². The number of rotatable bonds is 2. The molecule has 0 spiro atoms. The summed E-state index contributed by atoms with van der Waals surface area (Å²) in [5.74, 6) is 1.49. The molecule has 19 heavy (non-hydrogen) atoms. The van der Waals surface area contributed by atoms with E-state index in [0.717, 1.165) is 27.8 Å². The molecule has 0 radical (unpaired) electrons. The van der Waals surface area contributed by atoms with Crippen molar-refractivity contribution < 1.29 is 4.74 Å². The zero-order valence-corrected chi connectivity index (χ0v) is 11.2. The molecule has 0 bridgehead atoms. The molecule has 3 rings (SSSR count). The van der Waals surface area contributed by atoms with Gasteiger partial charge in [0.25, 0.3) is 0 Å². The maximum absolute atomic E-state index is 6.04. The van der Waals surface area contributed by atoms with Crippen LogP contribution in [0, 0.1) is 0 Å². The molecule has 5 heteroatoms. The average molecular weight is 256 g/mol. The molecule has 0 aliphatic rings. The lowest BCUT2D eigenvalue weighted by Crippen LogP contribution is -1.98. The summed E-state index contributed by atoms with van der Waals surface area (Å²) in [4.78, 5) is 0. The number of aromatic nitrogens is 3. The number of fused-ring (bicyclic) bond motifs is 1. The van der Waals surface area contributed by atoms with Crippen LogP contribution in [0.3, 0.4) is 0 Å². The maximum atomic E-state index is 6.04. The van der Waals surface area contributed by atoms with Crippen molar-refractivity contribution in [2.24, 2.45) is 14.1 Å². The van der Waals surface area contributed by atoms with E-state index in [1.807, 2.05) is 32.4 Å². The standard InChI is InChI=1S/C14H16N4O/c1-17-5-4-10-12(17)6-9(7-13(10)19-3)11-8-16-18(2)14(11)15/h4-8H,15H2,1-3H3. The van der Waals surface area contributed by atoms with Gasteiger partial charge in [0.2, 0.25) is 0 Å². The molecule has 5 nitrogen and oxygen atoms in total. The molecule has 2 aromatic heterocycles. The fraction of sp³-hybridized carbons (Fsp3) is 0.214. The summed E-state index contributed by atoms with van der Waals surface area (Å²) in [6, 6.07) is 6.14. The number of nitrogens with two attached hydrogens (primary N) is 1. The van der Waals surface area contributed by atoms with E-state index in [1.54, 1.807) is 18.0 Å². The van der Waals surface area contributed by atoms with Crippen LogP contribution < -0.4 is 10.5 Å². The van der Waals surface area contributed by atoms with E-state index in [0.29, 0.717) is 5.82 Å². The van der Waals surface area contributed by atoms with Gasteiger partial charge in [-0.2, -0.15) is 5.10 Å². The zero-order valence-electron chi connectivity index (χ0n) is 11.2. The summed E-state index contributed by atoms with van der Waals surface area (Å²) in [5.41, 5.74) is 9.08. The highest BCUT2D eigenvalue weighted by atomic mass is 16.5. The second-order valence-electron chi connectivity index (χ2n) is 4.61. The minimum atomic E-state index is 0.649. The molecular weight excluding hydrogens is 240 g/mol. The lowest BCUT2D eigenvalue weighted by atomic mass is 10.1. The normalized spacial score (nSPS) is 11.1. The van der Waals surface area contributed by atoms with Crippen LogP contribution >= 0.6 is 0 Å². The summed E-state index contributed by atoms with van der Waals surface area (Å²) in [6.45, 7) is 0. The second-order valence-corrected chi connectivity index (χ2v) is 4.61. The third-order valence-electron chi connectivity index (χ3n) is 3.48. The van der Waals surface area contributed by atoms with E-state index in [-0.39, 0.29) is 0 Å². The van der Waals surface area contributed by atoms with Crippen molar-refractivity contribution in [2.45, 2.75) is 0 Å². The number of nitrogen functional groups attached to an aromatic ring is 1. The van der Waals surface area contributed by atoms with Crippen LogP contribution in [0.4, 0.5) is 5.82 Å². The van der Waals surface area contributed by atoms with Crippen LogP contribution in [0.2, 0.25) is 0 Å². The van der Waals surface area contributed by atoms with Crippen molar-refractivity contribution in [3.63, 3.8) is 0 Å². The highest BCUT2D eigenvalue weighted by Gasteiger charge is 2.12. The molecule has 0 aliphatic carbocycles. The Balaban J connectivity index is 2.30. The van der Waals surface area contributed by atoms with Gasteiger partial charge in [0.1, 0.15) is 11.6 Å². The highest BCUT2D eigenvalue weighted by molar-refractivity contribution is 5.92. The first-order chi connectivity index (χ1) is 9.11. The number of anilines is 1. The summed E-state index contributed by atoms with van der Waals surface area (Å²) < 4.78 is 9.20. The first kappa shape index (κ1) is 11.6. The van der Waals surface area contributed by atoms with Crippen LogP contribution in [0.15, 0.2) is 30.6 Å². The van der Waals surface area contributed by atoms with Gasteiger partial charge < -0.3 is 15.0 Å². The van der Waals surface area contributed by atoms with Gasteiger partial charge in [-0.3, -0.25) is 4.68 Å². The van der Waals surface area contributed by atoms with Crippen molar-refractivity contribution in [2.75, 3.05) is 12.8 Å². The molecule has 0 fully saturated rings. The number of benzene rings is 1. The van der Waals surface area contributed by atoms with Gasteiger partial charge in [-0.25, -0.2) is 0 Å². The van der Waals surface area contributed by atoms with Crippen LogP contribution in [-0.4, -0.2) is 21.5 Å². The molecule has 0 unspecified atom stereocenters. The SMILES string of the molecule is COc1cc(-c2cnn(C)c2N)cc2c1ccn2C. The summed E-state index contributed by atoms with van der Waals surface area (Å²) in [5, 5.41) is 5.28. The molecule has 0 saturated heterocycles. The zero-order chi connectivity index (χ0) is 13.6. The number of nitrogens with zero attached hydrogens (tertiary/aromatic N) is 3. The van der Waals surface area contributed by atoms with Gasteiger partial charge in [0.05, 0.1) is 18.8 Å². The Morgan fingerprint density at radius 1 is 1.26 bits per heavy atom. The number of ether oxygens (including phenoxy) is 1. The first-order valence-electron chi connectivity index (χ1n) is 6.02. The third-order valence-corrected chi connectivity index (χ3v) is 3.48. The number of hydrogen-bond acceptors (Lipinski definition) is 3. The van der Waals surface area contributed by atoms with Crippen LogP contribution in [0.25, 0.3) is 22.0 Å². The molecule has 0 saturated carbocycles. The molecule has 3 aromatic rings. The quantitative estimate of drug-likeness (QED) is 0.764. The highest BCUT2D eigenvalue weighted by Crippen LogP contribution is 2.34. The Labute approximate surface area is 111 Å². The largest absolute Gasteiger partial charge is 0.496 e. The predicted molar refractivity (Wildman–Crippen MR) is 76.1 cm³/mol. The Bertz CT molecular complexity index is 754. The third kappa shape index (κ3) is 1.66. The van der Waals surface area contributed by atoms with Gasteiger partial charge in [0.15, 0.2) is 0 Å². The van der Waals surface area contributed by atoms with E-state index in [9.17, 15) is 0 Å². The van der Waals surface area contributed by atoms with E-state index in [1.165, 1.54) is 0 Å². The van der Waals surface area contributed by atoms with Crippen LogP contribution in [-0.2, 0) is 14.1 Å². The van der Waals surface area contributed by atoms with Crippen LogP contribution in [0.5, 0.6) is 5.75 Å². The van der Waals surface area contributed by atoms with Crippen molar-refractivity contribution >= 4 is 16.7 Å². The maximum Gasteiger partial charge on any atom is 0.129 e. The molecule has 1 aromatic carbocycles. The van der Waals surface area contributed by atoms with E-state index in [4.69, 9.17) is 10.5 Å². The topological polar surface area (TPSA) is 58.0 Å². The van der Waals surface area contributed by atoms with Crippen LogP contribution in [0.1, 0.15) is 0 Å². The molecule has 0 aliphatic heterocycles. The van der Waals surface area contributed by atoms with Gasteiger partial charge in [-0.1, -0.05) is 0 Å². The number of hydrogen-bond donors (Lipinski definition) is 1. The molecule has 2 N–H and O–H groups in total. The van der Waals surface area contributed by atoms with E-state index >= 15 is 0 Å². The summed E-state index contributed by atoms with van der Waals surface area (Å²) >= 11 is 0. The Morgan fingerprint density at radius 2 is 2.05 bits per heavy atom. The smallest absolute Gasteiger partial charge is 0.129 e. The Morgan fingerprint density at radius 3 is 2.68 bits per heavy atom. The molecule has 0 atom stereocenters. The van der Waals surface area contributed by atoms with Crippen molar-refractivity contribution in [3.05, 3.63) is 30.6 Å². The number of aryl methyl sites for hydroxylation is 2. The van der Waals surface area contributed by atoms with Gasteiger partial charge >= 0.3 is 0 Å². The minimum absolute atomic E-state index is 0.649. The summed E-state index contributed by atoms with van der Waals surface area (Å²) in [7, 11) is 5.52. The van der Waals surface area contributed by atoms with Crippen molar-refractivity contribution in [1.29, 1.82) is 0 Å². The van der Waals surface area contributed by atoms with Crippen molar-refractivity contribution in [1.82, 2.24) is 14.3 Å². The lowest BCUT2D eigenvalue weighted by molar-refractivity contribution is 0.420. The number of methoxy groups -OCH3 is 1. The minimum Gasteiger partial charge on any atom is -0.496 e. The fourth-order valence-electron chi connectivity index (χ4n) is 2.33. The molecule has 98 valence electrons. The Hall–Kier alpha value is -2.43. The van der Waals surface area contributed by atoms with E-state index in [2.05, 4.69) is 15.7 Å². The predicted octanol–water partition coefficient (Wildman–Crippen LogP) is 2.17. The van der Waals surface area contributed by atoms with Gasteiger partial charge in [0, 0.05) is 31.2 Å². The lowest BCUT2D eigenvalue weighted by Gasteiger charge is -2.08. The molecule has 2 heterocycles. The molecule has 0 amide bonds. The molecular formula is C14H16N4O. The summed E-state index contributed by atoms with van der Waals surface area (Å²) in [6.07, 6.45) is 3.79. The second kappa shape index (κ2) is 4.05. The van der Waals surface area contributed by atoms with Crippen molar-refractivity contribution in [3.8, 4) is 16.9 Å². The van der Waals surface area contributed by atoms with E-state index < -0.39 is 0 Å². The monoisotopic (exact) mass is 256 g/mol. The fourth-order valence-corrected chi connectivity index (χ4v) is 2.33. The first-order valence-corrected chi connectivity index (χ1v) is 6.02.